The molecular formula is C6H4Cl2N2O2. The first-order valence-corrected chi connectivity index (χ1v) is 3.68. The summed E-state index contributed by atoms with van der Waals surface area (Å²) < 4.78 is 0. The summed E-state index contributed by atoms with van der Waals surface area (Å²) in [6.07, 6.45) is 0. The van der Waals surface area contributed by atoms with Crippen LogP contribution in [0.5, 0.6) is 0 Å². The Morgan fingerprint density at radius 1 is 1.42 bits per heavy atom. The molecule has 0 saturated carbocycles. The van der Waals surface area contributed by atoms with E-state index < -0.39 is 0 Å². The van der Waals surface area contributed by atoms with Crippen molar-refractivity contribution in [2.24, 2.45) is 5.29 Å². The highest BCUT2D eigenvalue weighted by atomic mass is 35.5. The Morgan fingerprint density at radius 2 is 2.08 bits per heavy atom. The van der Waals surface area contributed by atoms with E-state index in [4.69, 9.17) is 28.4 Å². The van der Waals surface area contributed by atoms with Gasteiger partial charge in [0.2, 0.25) is 0 Å². The predicted octanol–water partition coefficient (Wildman–Crippen LogP) is 2.87. The average Bonchev–Trinajstić information content (AvgIpc) is 2.08. The molecule has 0 amide bonds. The molecule has 1 aromatic rings. The number of hydrogen-bond donors (Lipinski definition) is 1. The van der Waals surface area contributed by atoms with Crippen LogP contribution in [0.3, 0.4) is 0 Å². The third-order valence-electron chi connectivity index (χ3n) is 1.22. The molecule has 0 heterocycles. The molecule has 64 valence electrons. The lowest BCUT2D eigenvalue weighted by atomic mass is 10.3. The molecule has 1 rings (SSSR count). The molecule has 1 aromatic carbocycles. The predicted molar refractivity (Wildman–Crippen MR) is 46.5 cm³/mol. The molecule has 0 aromatic heterocycles. The van der Waals surface area contributed by atoms with Crippen molar-refractivity contribution < 1.29 is 5.21 Å². The van der Waals surface area contributed by atoms with Crippen molar-refractivity contribution in [1.29, 1.82) is 0 Å². The molecule has 4 nitrogen and oxygen atoms in total. The van der Waals surface area contributed by atoms with Crippen molar-refractivity contribution >= 4 is 28.9 Å². The third kappa shape index (κ3) is 1.66. The molecule has 0 saturated heterocycles. The Balaban J connectivity index is 3.15. The first kappa shape index (κ1) is 9.25. The summed E-state index contributed by atoms with van der Waals surface area (Å²) in [6.45, 7) is 0. The first-order valence-electron chi connectivity index (χ1n) is 2.93. The summed E-state index contributed by atoms with van der Waals surface area (Å²) in [7, 11) is 0. The van der Waals surface area contributed by atoms with Crippen LogP contribution in [-0.2, 0) is 0 Å². The Hall–Kier alpha value is -0.840. The van der Waals surface area contributed by atoms with Crippen molar-refractivity contribution in [3.8, 4) is 0 Å². The van der Waals surface area contributed by atoms with Gasteiger partial charge in [-0.3, -0.25) is 5.21 Å². The summed E-state index contributed by atoms with van der Waals surface area (Å²) in [4.78, 5) is 9.89. The second kappa shape index (κ2) is 3.71. The van der Waals surface area contributed by atoms with Crippen LogP contribution in [0.2, 0.25) is 10.0 Å². The lowest BCUT2D eigenvalue weighted by Crippen LogP contribution is -2.08. The van der Waals surface area contributed by atoms with Crippen LogP contribution in [0, 0.1) is 4.91 Å². The van der Waals surface area contributed by atoms with E-state index in [1.807, 2.05) is 0 Å². The van der Waals surface area contributed by atoms with Crippen molar-refractivity contribution in [3.63, 3.8) is 0 Å². The van der Waals surface area contributed by atoms with Gasteiger partial charge in [0.15, 0.2) is 0 Å². The molecule has 0 bridgehead atoms. The summed E-state index contributed by atoms with van der Waals surface area (Å²) in [6, 6.07) is 4.49. The molecule has 1 N–H and O–H groups in total. The molecule has 0 fully saturated rings. The lowest BCUT2D eigenvalue weighted by Gasteiger charge is -2.08. The van der Waals surface area contributed by atoms with E-state index in [2.05, 4.69) is 5.29 Å². The van der Waals surface area contributed by atoms with Crippen LogP contribution in [0.25, 0.3) is 0 Å². The minimum absolute atomic E-state index is 0.0548. The Morgan fingerprint density at radius 3 is 2.67 bits per heavy atom. The first-order chi connectivity index (χ1) is 5.66. The van der Waals surface area contributed by atoms with Crippen LogP contribution in [0.15, 0.2) is 23.5 Å². The van der Waals surface area contributed by atoms with Gasteiger partial charge in [-0.2, -0.15) is 0 Å². The van der Waals surface area contributed by atoms with Gasteiger partial charge in [-0.25, -0.2) is 0 Å². The molecule has 12 heavy (non-hydrogen) atoms. The van der Waals surface area contributed by atoms with E-state index in [9.17, 15) is 4.91 Å². The van der Waals surface area contributed by atoms with Gasteiger partial charge in [-0.15, -0.1) is 10.1 Å². The van der Waals surface area contributed by atoms with E-state index in [0.29, 0.717) is 0 Å². The number of rotatable bonds is 2. The molecule has 0 radical (unpaired) electrons. The summed E-state index contributed by atoms with van der Waals surface area (Å²) in [5.41, 5.74) is 0.0548. The topological polar surface area (TPSA) is 52.9 Å². The van der Waals surface area contributed by atoms with Crippen molar-refractivity contribution in [3.05, 3.63) is 33.2 Å². The normalized spacial score (nSPS) is 9.58. The van der Waals surface area contributed by atoms with Crippen molar-refractivity contribution in [2.45, 2.75) is 0 Å². The van der Waals surface area contributed by atoms with E-state index in [-0.39, 0.29) is 20.9 Å². The van der Waals surface area contributed by atoms with E-state index in [0.717, 1.165) is 0 Å². The zero-order valence-electron chi connectivity index (χ0n) is 5.74. The van der Waals surface area contributed by atoms with Gasteiger partial charge in [0.25, 0.3) is 0 Å². The minimum atomic E-state index is 0.0548. The smallest absolute Gasteiger partial charge is 0.113 e. The maximum atomic E-state index is 9.89. The molecule has 0 aliphatic carbocycles. The number of halogens is 2. The second-order valence-corrected chi connectivity index (χ2v) is 2.73. The maximum Gasteiger partial charge on any atom is 0.113 e. The highest BCUT2D eigenvalue weighted by Gasteiger charge is 2.09. The number of hydrogen-bond acceptors (Lipinski definition) is 3. The molecule has 0 spiro atoms. The van der Waals surface area contributed by atoms with Gasteiger partial charge in [0.1, 0.15) is 5.69 Å². The molecule has 6 heteroatoms. The number of benzene rings is 1. The van der Waals surface area contributed by atoms with E-state index in [1.165, 1.54) is 18.2 Å². The maximum absolute atomic E-state index is 9.89. The highest BCUT2D eigenvalue weighted by molar-refractivity contribution is 6.43. The fourth-order valence-corrected chi connectivity index (χ4v) is 1.06. The number of anilines is 1. The quantitative estimate of drug-likeness (QED) is 0.599. The SMILES string of the molecule is O=NN(O)c1cccc(Cl)c1Cl. The zero-order chi connectivity index (χ0) is 9.14. The van der Waals surface area contributed by atoms with Crippen LogP contribution in [-0.4, -0.2) is 5.21 Å². The van der Waals surface area contributed by atoms with Gasteiger partial charge in [-0.1, -0.05) is 29.3 Å². The fourth-order valence-electron chi connectivity index (χ4n) is 0.691. The fraction of sp³-hybridized carbons (Fsp3) is 0. The largest absolute Gasteiger partial charge is 0.265 e. The van der Waals surface area contributed by atoms with Gasteiger partial charge in [0, 0.05) is 0 Å². The van der Waals surface area contributed by atoms with Crippen LogP contribution in [0.1, 0.15) is 0 Å². The molecule has 0 aliphatic rings. The third-order valence-corrected chi connectivity index (χ3v) is 2.03. The molecule has 0 aliphatic heterocycles. The van der Waals surface area contributed by atoms with E-state index in [1.54, 1.807) is 0 Å². The monoisotopic (exact) mass is 206 g/mol. The van der Waals surface area contributed by atoms with Gasteiger partial charge in [0.05, 0.1) is 15.3 Å². The van der Waals surface area contributed by atoms with Gasteiger partial charge < -0.3 is 0 Å². The molecular weight excluding hydrogens is 203 g/mol. The number of nitrogens with zero attached hydrogens (tertiary/aromatic N) is 2. The lowest BCUT2D eigenvalue weighted by molar-refractivity contribution is 0.258. The second-order valence-electron chi connectivity index (χ2n) is 1.94. The summed E-state index contributed by atoms with van der Waals surface area (Å²) in [5.74, 6) is 0. The summed E-state index contributed by atoms with van der Waals surface area (Å²) in [5, 5.41) is 11.6. The van der Waals surface area contributed by atoms with E-state index >= 15 is 0 Å². The number of nitroso groups, excluding NO2 is 1. The molecule has 0 atom stereocenters. The van der Waals surface area contributed by atoms with Crippen molar-refractivity contribution in [2.75, 3.05) is 5.17 Å². The Kier molecular flexibility index (Phi) is 2.86. The summed E-state index contributed by atoms with van der Waals surface area (Å²) >= 11 is 11.2. The Bertz CT molecular complexity index is 306. The van der Waals surface area contributed by atoms with Crippen LogP contribution >= 0.6 is 23.2 Å². The van der Waals surface area contributed by atoms with Gasteiger partial charge >= 0.3 is 0 Å². The van der Waals surface area contributed by atoms with Gasteiger partial charge in [-0.05, 0) is 12.1 Å². The highest BCUT2D eigenvalue weighted by Crippen LogP contribution is 2.31. The van der Waals surface area contributed by atoms with Crippen molar-refractivity contribution in [1.82, 2.24) is 0 Å². The zero-order valence-corrected chi connectivity index (χ0v) is 7.25. The van der Waals surface area contributed by atoms with Crippen LogP contribution < -0.4 is 5.17 Å². The van der Waals surface area contributed by atoms with Crippen LogP contribution in [0.4, 0.5) is 5.69 Å². The standard InChI is InChI=1S/C6H4Cl2N2O2/c7-4-2-1-3-5(6(4)8)10(12)9-11/h1-3,12H. The average molecular weight is 207 g/mol. The molecule has 0 unspecified atom stereocenters. The minimum Gasteiger partial charge on any atom is -0.265 e. The Labute approximate surface area is 78.2 Å².